The van der Waals surface area contributed by atoms with Crippen LogP contribution in [0.5, 0.6) is 0 Å². The van der Waals surface area contributed by atoms with Gasteiger partial charge < -0.3 is 10.8 Å². The van der Waals surface area contributed by atoms with E-state index in [1.54, 1.807) is 0 Å². The van der Waals surface area contributed by atoms with Crippen LogP contribution in [0.2, 0.25) is 0 Å². The summed E-state index contributed by atoms with van der Waals surface area (Å²) in [6.07, 6.45) is 0. The van der Waals surface area contributed by atoms with Crippen molar-refractivity contribution in [3.8, 4) is 0 Å². The molecule has 12 heavy (non-hydrogen) atoms. The van der Waals surface area contributed by atoms with E-state index in [2.05, 4.69) is 4.18 Å². The highest BCUT2D eigenvalue weighted by atomic mass is 35.5. The zero-order chi connectivity index (χ0) is 9.07. The van der Waals surface area contributed by atoms with Crippen molar-refractivity contribution >= 4 is 28.8 Å². The molecular formula is C3H8ClNO6S. The number of hydrogen-bond acceptors (Lipinski definition) is 5. The number of hydrogen-bond donors (Lipinski definition) is 3. The van der Waals surface area contributed by atoms with Crippen LogP contribution >= 0.6 is 12.4 Å². The lowest BCUT2D eigenvalue weighted by molar-refractivity contribution is -0.139. The Morgan fingerprint density at radius 1 is 1.58 bits per heavy atom. The van der Waals surface area contributed by atoms with Gasteiger partial charge >= 0.3 is 16.4 Å². The number of carbonyl (C=O) groups is 1. The third-order valence-electron chi connectivity index (χ3n) is 0.714. The number of halogens is 1. The molecule has 0 aromatic carbocycles. The predicted molar refractivity (Wildman–Crippen MR) is 40.4 cm³/mol. The van der Waals surface area contributed by atoms with Gasteiger partial charge in [-0.05, 0) is 0 Å². The number of rotatable bonds is 4. The molecule has 0 aliphatic rings. The van der Waals surface area contributed by atoms with Gasteiger partial charge in [-0.15, -0.1) is 12.4 Å². The Hall–Kier alpha value is -0.410. The highest BCUT2D eigenvalue weighted by molar-refractivity contribution is 7.80. The second-order valence-electron chi connectivity index (χ2n) is 1.66. The van der Waals surface area contributed by atoms with Crippen molar-refractivity contribution in [1.29, 1.82) is 0 Å². The van der Waals surface area contributed by atoms with Crippen molar-refractivity contribution < 1.29 is 27.1 Å². The van der Waals surface area contributed by atoms with E-state index in [1.807, 2.05) is 0 Å². The Bertz CT molecular complexity index is 237. The molecule has 0 saturated carbocycles. The molecule has 9 heteroatoms. The maximum atomic E-state index is 9.93. The minimum absolute atomic E-state index is 0. The molecule has 0 aromatic heterocycles. The molecule has 0 fully saturated rings. The summed E-state index contributed by atoms with van der Waals surface area (Å²) < 4.78 is 31.3. The fourth-order valence-electron chi connectivity index (χ4n) is 0.231. The number of nitrogens with two attached hydrogens (primary N) is 1. The highest BCUT2D eigenvalue weighted by Crippen LogP contribution is 1.88. The molecule has 0 aromatic rings. The SMILES string of the molecule is Cl.N[C@H](COS(=O)(=O)O)C(=O)O. The molecule has 1 atom stereocenters. The van der Waals surface area contributed by atoms with Gasteiger partial charge in [-0.2, -0.15) is 8.42 Å². The Morgan fingerprint density at radius 3 is 2.25 bits per heavy atom. The molecule has 4 N–H and O–H groups in total. The third-order valence-corrected chi connectivity index (χ3v) is 1.15. The lowest BCUT2D eigenvalue weighted by Crippen LogP contribution is -2.35. The summed E-state index contributed by atoms with van der Waals surface area (Å²) in [7, 11) is -4.60. The average Bonchev–Trinajstić information content (AvgIpc) is 1.80. The molecule has 0 heterocycles. The highest BCUT2D eigenvalue weighted by Gasteiger charge is 2.15. The molecule has 0 unspecified atom stereocenters. The molecule has 0 rings (SSSR count). The topological polar surface area (TPSA) is 127 Å². The van der Waals surface area contributed by atoms with Crippen molar-refractivity contribution in [1.82, 2.24) is 0 Å². The van der Waals surface area contributed by atoms with Crippen molar-refractivity contribution in [2.45, 2.75) is 6.04 Å². The number of carboxylic acid groups (broad SMARTS) is 1. The fourth-order valence-corrected chi connectivity index (χ4v) is 0.549. The molecule has 0 amide bonds. The van der Waals surface area contributed by atoms with Crippen LogP contribution in [0.25, 0.3) is 0 Å². The minimum Gasteiger partial charge on any atom is -0.480 e. The molecule has 0 radical (unpaired) electrons. The normalized spacial score (nSPS) is 13.2. The van der Waals surface area contributed by atoms with E-state index >= 15 is 0 Å². The van der Waals surface area contributed by atoms with Crippen LogP contribution < -0.4 is 5.73 Å². The summed E-state index contributed by atoms with van der Waals surface area (Å²) in [5.74, 6) is -1.41. The summed E-state index contributed by atoms with van der Waals surface area (Å²) in [6, 6.07) is -1.46. The van der Waals surface area contributed by atoms with E-state index in [9.17, 15) is 13.2 Å². The lowest BCUT2D eigenvalue weighted by atomic mass is 10.3. The third kappa shape index (κ3) is 7.69. The summed E-state index contributed by atoms with van der Waals surface area (Å²) in [5, 5.41) is 8.10. The van der Waals surface area contributed by atoms with Gasteiger partial charge in [-0.25, -0.2) is 4.18 Å². The fraction of sp³-hybridized carbons (Fsp3) is 0.667. The van der Waals surface area contributed by atoms with E-state index in [1.165, 1.54) is 0 Å². The van der Waals surface area contributed by atoms with Crippen LogP contribution in [0, 0.1) is 0 Å². The average molecular weight is 222 g/mol. The van der Waals surface area contributed by atoms with Crippen LogP contribution in [0.4, 0.5) is 0 Å². The van der Waals surface area contributed by atoms with E-state index in [0.29, 0.717) is 0 Å². The van der Waals surface area contributed by atoms with E-state index in [4.69, 9.17) is 15.4 Å². The van der Waals surface area contributed by atoms with Crippen molar-refractivity contribution in [3.63, 3.8) is 0 Å². The van der Waals surface area contributed by atoms with Gasteiger partial charge in [0.25, 0.3) is 0 Å². The molecule has 0 aliphatic heterocycles. The zero-order valence-corrected chi connectivity index (χ0v) is 7.34. The van der Waals surface area contributed by atoms with Gasteiger partial charge in [0.1, 0.15) is 6.04 Å². The van der Waals surface area contributed by atoms with Crippen LogP contribution in [-0.4, -0.2) is 36.7 Å². The van der Waals surface area contributed by atoms with Crippen LogP contribution in [0.3, 0.4) is 0 Å². The quantitative estimate of drug-likeness (QED) is 0.500. The predicted octanol–water partition coefficient (Wildman–Crippen LogP) is -1.36. The molecule has 7 nitrogen and oxygen atoms in total. The van der Waals surface area contributed by atoms with Crippen LogP contribution in [0.15, 0.2) is 0 Å². The molecule has 0 spiro atoms. The lowest BCUT2D eigenvalue weighted by Gasteiger charge is -2.03. The standard InChI is InChI=1S/C3H7NO6S.ClH/c4-2(3(5)6)1-10-11(7,8)9;/h2H,1,4H2,(H,5,6)(H,7,8,9);1H/t2-;/m1./s1. The number of carboxylic acids is 1. The second-order valence-corrected chi connectivity index (χ2v) is 2.75. The first-order chi connectivity index (χ1) is 4.83. The van der Waals surface area contributed by atoms with E-state index < -0.39 is 29.0 Å². The van der Waals surface area contributed by atoms with Gasteiger partial charge in [0.05, 0.1) is 6.61 Å². The summed E-state index contributed by atoms with van der Waals surface area (Å²) in [6.45, 7) is -0.784. The Labute approximate surface area is 74.9 Å². The summed E-state index contributed by atoms with van der Waals surface area (Å²) >= 11 is 0. The first-order valence-corrected chi connectivity index (χ1v) is 3.79. The van der Waals surface area contributed by atoms with Crippen molar-refractivity contribution in [2.24, 2.45) is 5.73 Å². The molecular weight excluding hydrogens is 214 g/mol. The van der Waals surface area contributed by atoms with Gasteiger partial charge in [0.2, 0.25) is 0 Å². The first-order valence-electron chi connectivity index (χ1n) is 2.43. The zero-order valence-electron chi connectivity index (χ0n) is 5.71. The summed E-state index contributed by atoms with van der Waals surface area (Å²) in [5.41, 5.74) is 4.82. The monoisotopic (exact) mass is 221 g/mol. The Morgan fingerprint density at radius 2 is 2.00 bits per heavy atom. The largest absolute Gasteiger partial charge is 0.480 e. The maximum absolute atomic E-state index is 9.93. The van der Waals surface area contributed by atoms with Crippen LogP contribution in [0.1, 0.15) is 0 Å². The van der Waals surface area contributed by atoms with Crippen LogP contribution in [-0.2, 0) is 19.4 Å². The van der Waals surface area contributed by atoms with Crippen molar-refractivity contribution in [2.75, 3.05) is 6.61 Å². The second kappa shape index (κ2) is 5.27. The first kappa shape index (κ1) is 14.1. The maximum Gasteiger partial charge on any atom is 0.397 e. The van der Waals surface area contributed by atoms with Gasteiger partial charge in [-0.1, -0.05) is 0 Å². The van der Waals surface area contributed by atoms with Crippen molar-refractivity contribution in [3.05, 3.63) is 0 Å². The summed E-state index contributed by atoms with van der Waals surface area (Å²) in [4.78, 5) is 9.93. The minimum atomic E-state index is -4.60. The van der Waals surface area contributed by atoms with E-state index in [0.717, 1.165) is 0 Å². The van der Waals surface area contributed by atoms with E-state index in [-0.39, 0.29) is 12.4 Å². The van der Waals surface area contributed by atoms with Gasteiger partial charge in [0, 0.05) is 0 Å². The Balaban J connectivity index is 0. The van der Waals surface area contributed by atoms with Gasteiger partial charge in [-0.3, -0.25) is 9.35 Å². The smallest absolute Gasteiger partial charge is 0.397 e. The molecule has 0 saturated heterocycles. The van der Waals surface area contributed by atoms with Gasteiger partial charge in [0.15, 0.2) is 0 Å². The molecule has 0 bridgehead atoms. The molecule has 74 valence electrons. The molecule has 0 aliphatic carbocycles. The number of aliphatic carboxylic acids is 1. The Kier molecular flexibility index (Phi) is 6.21.